The predicted octanol–water partition coefficient (Wildman–Crippen LogP) is 3.43. The lowest BCUT2D eigenvalue weighted by molar-refractivity contribution is -0.138. The Labute approximate surface area is 125 Å². The van der Waals surface area contributed by atoms with Gasteiger partial charge in [0.05, 0.1) is 5.56 Å². The molecular formula is C13H15BrClNO3. The van der Waals surface area contributed by atoms with Crippen molar-refractivity contribution in [2.75, 3.05) is 6.54 Å². The van der Waals surface area contributed by atoms with Crippen molar-refractivity contribution >= 4 is 39.4 Å². The predicted molar refractivity (Wildman–Crippen MR) is 77.6 cm³/mol. The summed E-state index contributed by atoms with van der Waals surface area (Å²) in [5.74, 6) is -1.40. The first-order chi connectivity index (χ1) is 8.62. The summed E-state index contributed by atoms with van der Waals surface area (Å²) < 4.78 is 0.546. The molecule has 0 aliphatic carbocycles. The van der Waals surface area contributed by atoms with Gasteiger partial charge in [0.25, 0.3) is 5.91 Å². The number of carbonyl (C=O) groups is 2. The minimum atomic E-state index is -1.05. The van der Waals surface area contributed by atoms with Crippen molar-refractivity contribution in [1.82, 2.24) is 4.90 Å². The number of hydrogen-bond donors (Lipinski definition) is 1. The summed E-state index contributed by atoms with van der Waals surface area (Å²) in [6.45, 7) is 5.02. The largest absolute Gasteiger partial charge is 0.480 e. The van der Waals surface area contributed by atoms with Crippen molar-refractivity contribution in [3.63, 3.8) is 0 Å². The van der Waals surface area contributed by atoms with E-state index in [1.165, 1.54) is 4.90 Å². The Bertz CT molecular complexity index is 511. The minimum Gasteiger partial charge on any atom is -0.480 e. The summed E-state index contributed by atoms with van der Waals surface area (Å²) in [4.78, 5) is 24.7. The molecule has 1 aromatic carbocycles. The molecule has 19 heavy (non-hydrogen) atoms. The molecule has 0 saturated carbocycles. The molecule has 0 saturated heterocycles. The third-order valence-electron chi connectivity index (χ3n) is 2.51. The molecule has 0 spiro atoms. The molecule has 1 N–H and O–H groups in total. The lowest BCUT2D eigenvalue weighted by Crippen LogP contribution is -2.48. The monoisotopic (exact) mass is 347 g/mol. The zero-order valence-corrected chi connectivity index (χ0v) is 13.2. The number of nitrogens with zero attached hydrogens (tertiary/aromatic N) is 1. The SMILES string of the molecule is CC(C)(C)N(CC(=O)O)C(=O)c1ccc(Cl)cc1Br. The van der Waals surface area contributed by atoms with Crippen LogP contribution in [0.15, 0.2) is 22.7 Å². The highest BCUT2D eigenvalue weighted by Gasteiger charge is 2.30. The minimum absolute atomic E-state index is 0.349. The second kappa shape index (κ2) is 5.92. The van der Waals surface area contributed by atoms with E-state index < -0.39 is 11.5 Å². The number of rotatable bonds is 3. The Morgan fingerprint density at radius 3 is 2.37 bits per heavy atom. The summed E-state index contributed by atoms with van der Waals surface area (Å²) in [6, 6.07) is 4.78. The summed E-state index contributed by atoms with van der Waals surface area (Å²) in [5, 5.41) is 9.43. The standard InChI is InChI=1S/C13H15BrClNO3/c1-13(2,3)16(7-11(17)18)12(19)9-5-4-8(15)6-10(9)14/h4-6H,7H2,1-3H3,(H,17,18). The van der Waals surface area contributed by atoms with Crippen molar-refractivity contribution in [2.24, 2.45) is 0 Å². The third kappa shape index (κ3) is 4.21. The van der Waals surface area contributed by atoms with Crippen LogP contribution in [0.4, 0.5) is 0 Å². The molecule has 0 bridgehead atoms. The first-order valence-corrected chi connectivity index (χ1v) is 6.79. The molecule has 104 valence electrons. The number of carboxylic acid groups (broad SMARTS) is 1. The highest BCUT2D eigenvalue weighted by Crippen LogP contribution is 2.25. The van der Waals surface area contributed by atoms with Crippen LogP contribution in [-0.2, 0) is 4.79 Å². The molecule has 1 aromatic rings. The van der Waals surface area contributed by atoms with Gasteiger partial charge in [0, 0.05) is 15.0 Å². The van der Waals surface area contributed by atoms with Gasteiger partial charge >= 0.3 is 5.97 Å². The molecule has 0 aromatic heterocycles. The van der Waals surface area contributed by atoms with Crippen LogP contribution in [-0.4, -0.2) is 34.0 Å². The number of carbonyl (C=O) groups excluding carboxylic acids is 1. The maximum Gasteiger partial charge on any atom is 0.323 e. The molecule has 0 fully saturated rings. The Kier molecular flexibility index (Phi) is 4.98. The highest BCUT2D eigenvalue weighted by atomic mass is 79.9. The van der Waals surface area contributed by atoms with Crippen molar-refractivity contribution in [3.05, 3.63) is 33.3 Å². The lowest BCUT2D eigenvalue weighted by Gasteiger charge is -2.34. The lowest BCUT2D eigenvalue weighted by atomic mass is 10.0. The molecule has 0 aliphatic heterocycles. The van der Waals surface area contributed by atoms with Crippen LogP contribution in [0.5, 0.6) is 0 Å². The van der Waals surface area contributed by atoms with Gasteiger partial charge < -0.3 is 10.0 Å². The Hall–Kier alpha value is -1.07. The summed E-state index contributed by atoms with van der Waals surface area (Å²) in [6.07, 6.45) is 0. The number of benzene rings is 1. The van der Waals surface area contributed by atoms with Gasteiger partial charge in [-0.15, -0.1) is 0 Å². The first kappa shape index (κ1) is 16.0. The van der Waals surface area contributed by atoms with E-state index in [0.29, 0.717) is 15.1 Å². The van der Waals surface area contributed by atoms with Gasteiger partial charge in [-0.05, 0) is 54.9 Å². The van der Waals surface area contributed by atoms with Gasteiger partial charge in [-0.1, -0.05) is 11.6 Å². The zero-order chi connectivity index (χ0) is 14.8. The Morgan fingerprint density at radius 1 is 1.37 bits per heavy atom. The van der Waals surface area contributed by atoms with Crippen molar-refractivity contribution in [2.45, 2.75) is 26.3 Å². The van der Waals surface area contributed by atoms with Crippen LogP contribution >= 0.6 is 27.5 Å². The summed E-state index contributed by atoms with van der Waals surface area (Å²) in [7, 11) is 0. The van der Waals surface area contributed by atoms with E-state index in [-0.39, 0.29) is 12.5 Å². The van der Waals surface area contributed by atoms with E-state index in [4.69, 9.17) is 16.7 Å². The molecule has 0 unspecified atom stereocenters. The topological polar surface area (TPSA) is 57.6 Å². The van der Waals surface area contributed by atoms with Crippen LogP contribution in [0.3, 0.4) is 0 Å². The molecule has 0 radical (unpaired) electrons. The maximum atomic E-state index is 12.4. The van der Waals surface area contributed by atoms with Crippen molar-refractivity contribution in [1.29, 1.82) is 0 Å². The number of hydrogen-bond acceptors (Lipinski definition) is 2. The van der Waals surface area contributed by atoms with Gasteiger partial charge in [-0.25, -0.2) is 0 Å². The second-order valence-electron chi connectivity index (χ2n) is 5.08. The zero-order valence-electron chi connectivity index (χ0n) is 10.9. The molecule has 1 amide bonds. The molecule has 4 nitrogen and oxygen atoms in total. The van der Waals surface area contributed by atoms with Crippen LogP contribution < -0.4 is 0 Å². The van der Waals surface area contributed by atoms with E-state index in [1.807, 2.05) is 0 Å². The maximum absolute atomic E-state index is 12.4. The average Bonchev–Trinajstić information content (AvgIpc) is 2.23. The quantitative estimate of drug-likeness (QED) is 0.910. The van der Waals surface area contributed by atoms with Crippen LogP contribution in [0, 0.1) is 0 Å². The number of aliphatic carboxylic acids is 1. The molecule has 6 heteroatoms. The van der Waals surface area contributed by atoms with E-state index >= 15 is 0 Å². The van der Waals surface area contributed by atoms with Gasteiger partial charge in [0.2, 0.25) is 0 Å². The summed E-state index contributed by atoms with van der Waals surface area (Å²) >= 11 is 9.10. The fourth-order valence-electron chi connectivity index (χ4n) is 1.56. The van der Waals surface area contributed by atoms with E-state index in [2.05, 4.69) is 15.9 Å². The number of carboxylic acids is 1. The van der Waals surface area contributed by atoms with Gasteiger partial charge in [0.1, 0.15) is 6.54 Å². The second-order valence-corrected chi connectivity index (χ2v) is 6.37. The van der Waals surface area contributed by atoms with Crippen LogP contribution in [0.1, 0.15) is 31.1 Å². The molecule has 0 heterocycles. The van der Waals surface area contributed by atoms with Crippen LogP contribution in [0.2, 0.25) is 5.02 Å². The number of halogens is 2. The van der Waals surface area contributed by atoms with E-state index in [0.717, 1.165) is 0 Å². The highest BCUT2D eigenvalue weighted by molar-refractivity contribution is 9.10. The Morgan fingerprint density at radius 2 is 1.95 bits per heavy atom. The van der Waals surface area contributed by atoms with E-state index in [9.17, 15) is 9.59 Å². The Balaban J connectivity index is 3.16. The normalized spacial score (nSPS) is 11.2. The molecular weight excluding hydrogens is 334 g/mol. The van der Waals surface area contributed by atoms with Crippen molar-refractivity contribution in [3.8, 4) is 0 Å². The van der Waals surface area contributed by atoms with Gasteiger partial charge in [-0.2, -0.15) is 0 Å². The van der Waals surface area contributed by atoms with Gasteiger partial charge in [0.15, 0.2) is 0 Å². The molecule has 0 atom stereocenters. The number of amides is 1. The fourth-order valence-corrected chi connectivity index (χ4v) is 2.41. The molecule has 1 rings (SSSR count). The van der Waals surface area contributed by atoms with Crippen LogP contribution in [0.25, 0.3) is 0 Å². The third-order valence-corrected chi connectivity index (χ3v) is 3.40. The molecule has 0 aliphatic rings. The first-order valence-electron chi connectivity index (χ1n) is 5.61. The van der Waals surface area contributed by atoms with E-state index in [1.54, 1.807) is 39.0 Å². The average molecular weight is 349 g/mol. The fraction of sp³-hybridized carbons (Fsp3) is 0.385. The van der Waals surface area contributed by atoms with Crippen molar-refractivity contribution < 1.29 is 14.7 Å². The summed E-state index contributed by atoms with van der Waals surface area (Å²) in [5.41, 5.74) is -0.199. The smallest absolute Gasteiger partial charge is 0.323 e. The van der Waals surface area contributed by atoms with Gasteiger partial charge in [-0.3, -0.25) is 9.59 Å².